The summed E-state index contributed by atoms with van der Waals surface area (Å²) in [7, 11) is 0. The average Bonchev–Trinajstić information content (AvgIpc) is 2.69. The van der Waals surface area contributed by atoms with E-state index in [4.69, 9.17) is 4.74 Å². The third-order valence-electron chi connectivity index (χ3n) is 3.03. The van der Waals surface area contributed by atoms with Crippen molar-refractivity contribution in [3.05, 3.63) is 47.5 Å². The minimum absolute atomic E-state index is 0.406. The van der Waals surface area contributed by atoms with E-state index in [1.807, 2.05) is 24.4 Å². The van der Waals surface area contributed by atoms with Gasteiger partial charge in [-0.2, -0.15) is 0 Å². The number of para-hydroxylation sites is 1. The highest BCUT2D eigenvalue weighted by Gasteiger charge is 2.10. The van der Waals surface area contributed by atoms with Gasteiger partial charge in [-0.25, -0.2) is 4.98 Å². The second-order valence-corrected chi connectivity index (χ2v) is 4.83. The van der Waals surface area contributed by atoms with Gasteiger partial charge < -0.3 is 9.30 Å². The fourth-order valence-electron chi connectivity index (χ4n) is 2.17. The van der Waals surface area contributed by atoms with E-state index >= 15 is 0 Å². The Balaban J connectivity index is 2.14. The monoisotopic (exact) mass is 244 g/mol. The van der Waals surface area contributed by atoms with E-state index < -0.39 is 0 Å². The molecule has 0 unspecified atom stereocenters. The maximum atomic E-state index is 5.84. The van der Waals surface area contributed by atoms with Crippen LogP contribution in [0.3, 0.4) is 0 Å². The molecule has 1 heterocycles. The first-order chi connectivity index (χ1) is 8.59. The summed E-state index contributed by atoms with van der Waals surface area (Å²) < 4.78 is 8.05. The second-order valence-electron chi connectivity index (χ2n) is 4.83. The van der Waals surface area contributed by atoms with Crippen molar-refractivity contribution in [1.29, 1.82) is 0 Å². The Kier molecular flexibility index (Phi) is 3.70. The minimum Gasteiger partial charge on any atom is -0.485 e. The Morgan fingerprint density at radius 1 is 1.22 bits per heavy atom. The Labute approximate surface area is 108 Å². The van der Waals surface area contributed by atoms with Crippen molar-refractivity contribution >= 4 is 0 Å². The lowest BCUT2D eigenvalue weighted by Crippen LogP contribution is -2.10. The molecule has 0 spiro atoms. The quantitative estimate of drug-likeness (QED) is 0.820. The normalized spacial score (nSPS) is 10.9. The van der Waals surface area contributed by atoms with Gasteiger partial charge in [-0.3, -0.25) is 0 Å². The molecule has 3 heteroatoms. The van der Waals surface area contributed by atoms with Crippen molar-refractivity contribution in [2.24, 2.45) is 0 Å². The molecule has 0 bridgehead atoms. The molecule has 0 aliphatic heterocycles. The largest absolute Gasteiger partial charge is 0.485 e. The van der Waals surface area contributed by atoms with Crippen molar-refractivity contribution < 1.29 is 4.74 Å². The third kappa shape index (κ3) is 2.55. The number of imidazole rings is 1. The number of aromatic nitrogens is 2. The van der Waals surface area contributed by atoms with Crippen LogP contribution in [0.15, 0.2) is 30.5 Å². The summed E-state index contributed by atoms with van der Waals surface area (Å²) >= 11 is 0. The van der Waals surface area contributed by atoms with Crippen LogP contribution in [-0.2, 0) is 6.61 Å². The molecule has 1 aromatic heterocycles. The molecule has 2 aromatic rings. The average molecular weight is 244 g/mol. The molecule has 0 amide bonds. The van der Waals surface area contributed by atoms with E-state index in [9.17, 15) is 0 Å². The smallest absolute Gasteiger partial charge is 0.147 e. The maximum absolute atomic E-state index is 5.84. The molecular weight excluding hydrogens is 224 g/mol. The van der Waals surface area contributed by atoms with Gasteiger partial charge in [0.05, 0.1) is 0 Å². The SMILES string of the molecule is Cc1ccccc1OCc1ncc(C)n1C(C)C. The van der Waals surface area contributed by atoms with Gasteiger partial charge >= 0.3 is 0 Å². The molecule has 0 atom stereocenters. The van der Waals surface area contributed by atoms with Gasteiger partial charge in [0.1, 0.15) is 18.2 Å². The van der Waals surface area contributed by atoms with Crippen LogP contribution in [0.5, 0.6) is 5.75 Å². The van der Waals surface area contributed by atoms with Crippen LogP contribution in [0.2, 0.25) is 0 Å². The molecule has 0 saturated heterocycles. The number of aryl methyl sites for hydroxylation is 2. The lowest BCUT2D eigenvalue weighted by molar-refractivity contribution is 0.284. The van der Waals surface area contributed by atoms with Crippen LogP contribution in [-0.4, -0.2) is 9.55 Å². The zero-order chi connectivity index (χ0) is 13.1. The third-order valence-corrected chi connectivity index (χ3v) is 3.03. The van der Waals surface area contributed by atoms with Crippen LogP contribution in [0.4, 0.5) is 0 Å². The molecule has 0 fully saturated rings. The molecule has 0 saturated carbocycles. The van der Waals surface area contributed by atoms with Gasteiger partial charge in [-0.05, 0) is 39.3 Å². The molecule has 18 heavy (non-hydrogen) atoms. The van der Waals surface area contributed by atoms with Gasteiger partial charge in [-0.15, -0.1) is 0 Å². The summed E-state index contributed by atoms with van der Waals surface area (Å²) in [4.78, 5) is 4.42. The van der Waals surface area contributed by atoms with Crippen LogP contribution >= 0.6 is 0 Å². The lowest BCUT2D eigenvalue weighted by atomic mass is 10.2. The Hall–Kier alpha value is -1.77. The van der Waals surface area contributed by atoms with Gasteiger partial charge in [0.15, 0.2) is 0 Å². The van der Waals surface area contributed by atoms with Crippen LogP contribution in [0.1, 0.15) is 37.0 Å². The van der Waals surface area contributed by atoms with Crippen LogP contribution < -0.4 is 4.74 Å². The first-order valence-electron chi connectivity index (χ1n) is 6.30. The molecular formula is C15H20N2O. The second kappa shape index (κ2) is 5.25. The van der Waals surface area contributed by atoms with E-state index in [0.717, 1.165) is 17.1 Å². The summed E-state index contributed by atoms with van der Waals surface area (Å²) in [5, 5.41) is 0. The van der Waals surface area contributed by atoms with E-state index in [2.05, 4.69) is 43.3 Å². The number of hydrogen-bond acceptors (Lipinski definition) is 2. The molecule has 0 radical (unpaired) electrons. The van der Waals surface area contributed by atoms with Gasteiger partial charge in [-0.1, -0.05) is 18.2 Å². The standard InChI is InChI=1S/C15H20N2O/c1-11(2)17-13(4)9-16-15(17)10-18-14-8-6-5-7-12(14)3/h5-9,11H,10H2,1-4H3. The number of ether oxygens (including phenoxy) is 1. The molecule has 96 valence electrons. The van der Waals surface area contributed by atoms with Crippen molar-refractivity contribution in [1.82, 2.24) is 9.55 Å². The Bertz CT molecular complexity index is 529. The molecule has 0 aliphatic carbocycles. The highest BCUT2D eigenvalue weighted by atomic mass is 16.5. The maximum Gasteiger partial charge on any atom is 0.147 e. The number of benzene rings is 1. The zero-order valence-electron chi connectivity index (χ0n) is 11.5. The van der Waals surface area contributed by atoms with E-state index in [1.165, 1.54) is 5.69 Å². The Morgan fingerprint density at radius 3 is 2.61 bits per heavy atom. The Morgan fingerprint density at radius 2 is 1.94 bits per heavy atom. The first kappa shape index (κ1) is 12.7. The summed E-state index contributed by atoms with van der Waals surface area (Å²) in [6.45, 7) is 8.95. The van der Waals surface area contributed by atoms with E-state index in [-0.39, 0.29) is 0 Å². The van der Waals surface area contributed by atoms with E-state index in [1.54, 1.807) is 0 Å². The van der Waals surface area contributed by atoms with Crippen molar-refractivity contribution in [2.75, 3.05) is 0 Å². The summed E-state index contributed by atoms with van der Waals surface area (Å²) in [5.74, 6) is 1.90. The van der Waals surface area contributed by atoms with Crippen molar-refractivity contribution in [2.45, 2.75) is 40.3 Å². The first-order valence-corrected chi connectivity index (χ1v) is 6.30. The van der Waals surface area contributed by atoms with Crippen molar-refractivity contribution in [3.63, 3.8) is 0 Å². The molecule has 0 aliphatic rings. The van der Waals surface area contributed by atoms with Crippen LogP contribution in [0, 0.1) is 13.8 Å². The summed E-state index contributed by atoms with van der Waals surface area (Å²) in [5.41, 5.74) is 2.32. The van der Waals surface area contributed by atoms with Gasteiger partial charge in [0.2, 0.25) is 0 Å². The predicted molar refractivity (Wildman–Crippen MR) is 72.9 cm³/mol. The van der Waals surface area contributed by atoms with Gasteiger partial charge in [0.25, 0.3) is 0 Å². The number of rotatable bonds is 4. The summed E-state index contributed by atoms with van der Waals surface area (Å²) in [6.07, 6.45) is 1.90. The molecule has 2 rings (SSSR count). The summed E-state index contributed by atoms with van der Waals surface area (Å²) in [6, 6.07) is 8.45. The van der Waals surface area contributed by atoms with E-state index in [0.29, 0.717) is 12.6 Å². The van der Waals surface area contributed by atoms with Gasteiger partial charge in [0, 0.05) is 17.9 Å². The predicted octanol–water partition coefficient (Wildman–Crippen LogP) is 3.66. The molecule has 0 N–H and O–H groups in total. The minimum atomic E-state index is 0.406. The topological polar surface area (TPSA) is 27.1 Å². The number of hydrogen-bond donors (Lipinski definition) is 0. The van der Waals surface area contributed by atoms with Crippen molar-refractivity contribution in [3.8, 4) is 5.75 Å². The molecule has 3 nitrogen and oxygen atoms in total. The lowest BCUT2D eigenvalue weighted by Gasteiger charge is -2.15. The zero-order valence-corrected chi connectivity index (χ0v) is 11.5. The fourth-order valence-corrected chi connectivity index (χ4v) is 2.17. The number of nitrogens with zero attached hydrogens (tertiary/aromatic N) is 2. The highest BCUT2D eigenvalue weighted by molar-refractivity contribution is 5.31. The highest BCUT2D eigenvalue weighted by Crippen LogP contribution is 2.19. The fraction of sp³-hybridized carbons (Fsp3) is 0.400. The van der Waals surface area contributed by atoms with Crippen LogP contribution in [0.25, 0.3) is 0 Å². The molecule has 1 aromatic carbocycles.